The maximum Gasteiger partial charge on any atom is 0.410 e. The Kier molecular flexibility index (Phi) is 7.81. The highest BCUT2D eigenvalue weighted by Crippen LogP contribution is 2.52. The molecule has 3 atom stereocenters. The van der Waals surface area contributed by atoms with Crippen molar-refractivity contribution >= 4 is 75.9 Å². The zero-order valence-corrected chi connectivity index (χ0v) is 31.4. The molecule has 12 nitrogen and oxygen atoms in total. The molecule has 51 heavy (non-hydrogen) atoms. The number of rotatable bonds is 5. The van der Waals surface area contributed by atoms with Crippen molar-refractivity contribution in [1.82, 2.24) is 29.6 Å². The van der Waals surface area contributed by atoms with E-state index in [9.17, 15) is 13.2 Å². The van der Waals surface area contributed by atoms with Crippen LogP contribution in [0.1, 0.15) is 83.4 Å². The number of anilines is 1. The quantitative estimate of drug-likeness (QED) is 0.167. The predicted octanol–water partition coefficient (Wildman–Crippen LogP) is 7.48. The monoisotopic (exact) mass is 749 g/mol. The number of amides is 1. The molecule has 4 fully saturated rings. The van der Waals surface area contributed by atoms with Gasteiger partial charge in [-0.25, -0.2) is 27.9 Å². The fourth-order valence-corrected chi connectivity index (χ4v) is 10.2. The van der Waals surface area contributed by atoms with Crippen molar-refractivity contribution in [2.24, 2.45) is 0 Å². The number of carbonyl (C=O) groups is 1. The van der Waals surface area contributed by atoms with Gasteiger partial charge < -0.3 is 14.4 Å². The Balaban J connectivity index is 1.21. The lowest BCUT2D eigenvalue weighted by molar-refractivity contribution is -0.0366. The Morgan fingerprint density at radius 3 is 2.49 bits per heavy atom. The molecule has 3 saturated heterocycles. The van der Waals surface area contributed by atoms with Crippen LogP contribution in [0.5, 0.6) is 0 Å². The highest BCUT2D eigenvalue weighted by atomic mass is 35.5. The molecule has 1 amide bonds. The largest absolute Gasteiger partial charge is 0.444 e. The topological polar surface area (TPSA) is 133 Å². The van der Waals surface area contributed by atoms with Gasteiger partial charge in [-0.05, 0) is 89.3 Å². The molecule has 15 heteroatoms. The lowest BCUT2D eigenvalue weighted by Crippen LogP contribution is -2.57. The number of nitrogens with zero attached hydrogens (tertiary/aromatic N) is 7. The second-order valence-corrected chi connectivity index (χ2v) is 18.7. The first kappa shape index (κ1) is 33.3. The molecule has 0 radical (unpaired) electrons. The molecule has 9 rings (SSSR count). The number of ether oxygens (including phenoxy) is 2. The molecule has 4 aliphatic rings. The number of aromatic nitrogens is 5. The van der Waals surface area contributed by atoms with Crippen LogP contribution in [0.3, 0.4) is 0 Å². The number of hydrogen-bond acceptors (Lipinski definition) is 11. The molecule has 1 aliphatic carbocycles. The van der Waals surface area contributed by atoms with E-state index in [2.05, 4.69) is 9.88 Å². The van der Waals surface area contributed by atoms with E-state index in [0.29, 0.717) is 41.3 Å². The number of carbonyl (C=O) groups excluding carboxylic acids is 1. The molecule has 268 valence electrons. The van der Waals surface area contributed by atoms with Gasteiger partial charge in [-0.3, -0.25) is 9.88 Å². The maximum absolute atomic E-state index is 13.3. The molecular formula is C36H40ClN7O5S2. The number of piperazine rings is 1. The van der Waals surface area contributed by atoms with Crippen molar-refractivity contribution in [1.29, 1.82) is 0 Å². The number of pyridine rings is 1. The summed E-state index contributed by atoms with van der Waals surface area (Å²) >= 11 is 8.58. The maximum atomic E-state index is 13.3. The highest BCUT2D eigenvalue weighted by molar-refractivity contribution is 7.90. The van der Waals surface area contributed by atoms with E-state index in [4.69, 9.17) is 36.1 Å². The average molecular weight is 750 g/mol. The Morgan fingerprint density at radius 1 is 1.06 bits per heavy atom. The van der Waals surface area contributed by atoms with Gasteiger partial charge in [-0.2, -0.15) is 5.10 Å². The van der Waals surface area contributed by atoms with E-state index in [1.54, 1.807) is 6.20 Å². The summed E-state index contributed by atoms with van der Waals surface area (Å²) in [6.45, 7) is 7.32. The smallest absolute Gasteiger partial charge is 0.410 e. The third kappa shape index (κ3) is 5.73. The number of thiophene rings is 1. The first-order chi connectivity index (χ1) is 24.4. The van der Waals surface area contributed by atoms with Gasteiger partial charge in [-0.1, -0.05) is 11.6 Å². The fraction of sp³-hybridized carbons (Fsp3) is 0.528. The van der Waals surface area contributed by atoms with E-state index in [1.807, 2.05) is 48.7 Å². The molecule has 0 N–H and O–H groups in total. The normalized spacial score (nSPS) is 22.8. The summed E-state index contributed by atoms with van der Waals surface area (Å²) in [6, 6.07) is 3.82. The molecule has 4 aromatic heterocycles. The van der Waals surface area contributed by atoms with Gasteiger partial charge >= 0.3 is 6.09 Å². The van der Waals surface area contributed by atoms with Crippen molar-refractivity contribution in [3.8, 4) is 11.3 Å². The Morgan fingerprint density at radius 2 is 1.82 bits per heavy atom. The van der Waals surface area contributed by atoms with Gasteiger partial charge in [0.05, 0.1) is 39.6 Å². The second-order valence-electron chi connectivity index (χ2n) is 15.4. The van der Waals surface area contributed by atoms with Gasteiger partial charge in [0.15, 0.2) is 6.23 Å². The molecule has 1 saturated carbocycles. The third-order valence-electron chi connectivity index (χ3n) is 10.5. The van der Waals surface area contributed by atoms with Crippen molar-refractivity contribution in [2.75, 3.05) is 30.9 Å². The van der Waals surface area contributed by atoms with Crippen LogP contribution in [0.15, 0.2) is 29.7 Å². The summed E-state index contributed by atoms with van der Waals surface area (Å²) in [5.74, 6) is 0.882. The van der Waals surface area contributed by atoms with E-state index >= 15 is 0 Å². The first-order valence-corrected chi connectivity index (χ1v) is 20.8. The lowest BCUT2D eigenvalue weighted by Gasteiger charge is -2.42. The van der Waals surface area contributed by atoms with Gasteiger partial charge in [-0.15, -0.1) is 11.3 Å². The fourth-order valence-electron chi connectivity index (χ4n) is 8.17. The summed E-state index contributed by atoms with van der Waals surface area (Å²) in [5.41, 5.74) is 3.11. The number of halogens is 1. The van der Waals surface area contributed by atoms with E-state index < -0.39 is 15.4 Å². The van der Waals surface area contributed by atoms with E-state index in [1.165, 1.54) is 11.3 Å². The number of sulfone groups is 1. The van der Waals surface area contributed by atoms with Crippen LogP contribution in [0.4, 0.5) is 10.6 Å². The number of hydrogen-bond donors (Lipinski definition) is 0. The highest BCUT2D eigenvalue weighted by Gasteiger charge is 2.45. The molecular weight excluding hydrogens is 710 g/mol. The zero-order chi connectivity index (χ0) is 35.4. The first-order valence-electron chi connectivity index (χ1n) is 17.7. The minimum atomic E-state index is -3.75. The lowest BCUT2D eigenvalue weighted by atomic mass is 9.95. The van der Waals surface area contributed by atoms with Gasteiger partial charge in [0, 0.05) is 53.5 Å². The van der Waals surface area contributed by atoms with Crippen LogP contribution in [0.25, 0.3) is 42.5 Å². The molecule has 3 aliphatic heterocycles. The van der Waals surface area contributed by atoms with E-state index in [-0.39, 0.29) is 29.6 Å². The molecule has 1 aromatic carbocycles. The standard InChI is InChI=1S/C36H40ClN7O5S2/c1-36(2,3)49-35(45)43-20-10-11-21(43)18-42(17-20)32-29-22-12-13-38-30(31(22)50-33(29)41-34(40-32)51(4,46)47)28-23-16-39-44(26-7-5-6-14-48-26)25(23)15-24(37)27(28)19-8-9-19/h12-13,15-16,19-21,26H,5-11,14,17-18H2,1-4H3/t20-,21+,26?. The van der Waals surface area contributed by atoms with Gasteiger partial charge in [0.2, 0.25) is 15.0 Å². The van der Waals surface area contributed by atoms with Crippen LogP contribution in [-0.4, -0.2) is 87.8 Å². The second kappa shape index (κ2) is 12.0. The van der Waals surface area contributed by atoms with Crippen LogP contribution >= 0.6 is 22.9 Å². The summed E-state index contributed by atoms with van der Waals surface area (Å²) in [4.78, 5) is 32.2. The van der Waals surface area contributed by atoms with Crippen LogP contribution in [-0.2, 0) is 19.3 Å². The van der Waals surface area contributed by atoms with Crippen LogP contribution in [0, 0.1) is 0 Å². The van der Waals surface area contributed by atoms with E-state index in [0.717, 1.165) is 94.4 Å². The van der Waals surface area contributed by atoms with Crippen molar-refractivity contribution in [2.45, 2.75) is 101 Å². The number of benzene rings is 1. The average Bonchev–Trinajstić information content (AvgIpc) is 3.62. The Labute approximate surface area is 305 Å². The van der Waals surface area contributed by atoms with Crippen LogP contribution < -0.4 is 4.90 Å². The van der Waals surface area contributed by atoms with Gasteiger partial charge in [0.25, 0.3) is 0 Å². The molecule has 1 unspecified atom stereocenters. The summed E-state index contributed by atoms with van der Waals surface area (Å²) < 4.78 is 40.8. The minimum absolute atomic E-state index is 0.0852. The predicted molar refractivity (Wildman–Crippen MR) is 197 cm³/mol. The van der Waals surface area contributed by atoms with Crippen molar-refractivity contribution in [3.05, 3.63) is 35.1 Å². The summed E-state index contributed by atoms with van der Waals surface area (Å²) in [5, 5.41) is 7.96. The summed E-state index contributed by atoms with van der Waals surface area (Å²) in [7, 11) is -3.75. The van der Waals surface area contributed by atoms with Crippen molar-refractivity contribution in [3.63, 3.8) is 0 Å². The Hall–Kier alpha value is -3.59. The van der Waals surface area contributed by atoms with Crippen molar-refractivity contribution < 1.29 is 22.7 Å². The molecule has 2 bridgehead atoms. The zero-order valence-electron chi connectivity index (χ0n) is 29.1. The Bertz CT molecular complexity index is 2330. The minimum Gasteiger partial charge on any atom is -0.444 e. The molecule has 7 heterocycles. The number of fused-ring (bicyclic) bond motifs is 6. The molecule has 0 spiro atoms. The van der Waals surface area contributed by atoms with Crippen LogP contribution in [0.2, 0.25) is 5.02 Å². The van der Waals surface area contributed by atoms with Gasteiger partial charge in [0.1, 0.15) is 16.2 Å². The third-order valence-corrected chi connectivity index (χ3v) is 12.7. The molecule has 5 aromatic rings. The summed E-state index contributed by atoms with van der Waals surface area (Å²) in [6.07, 6.45) is 11.1. The SMILES string of the molecule is CC(C)(C)OC(=O)N1[C@@H]2CC[C@H]1CN(c1nc(S(C)(=O)=O)nc3sc4c(-c5c(C6CC6)c(Cl)cc6c5cnn6C5CCCCO5)nccc4c13)C2.